The van der Waals surface area contributed by atoms with Crippen molar-refractivity contribution in [2.24, 2.45) is 0 Å². The van der Waals surface area contributed by atoms with Crippen LogP contribution in [-0.4, -0.2) is 57.3 Å². The Kier molecular flexibility index (Phi) is 6.23. The number of sulfonamides is 1. The number of rotatable bonds is 8. The van der Waals surface area contributed by atoms with E-state index >= 15 is 0 Å². The molecule has 1 unspecified atom stereocenters. The maximum atomic E-state index is 12.6. The van der Waals surface area contributed by atoms with Gasteiger partial charge in [0, 0.05) is 29.0 Å². The lowest BCUT2D eigenvalue weighted by Gasteiger charge is -2.12. The second kappa shape index (κ2) is 8.69. The van der Waals surface area contributed by atoms with Gasteiger partial charge in [0.05, 0.1) is 22.0 Å². The molecule has 33 heavy (non-hydrogen) atoms. The van der Waals surface area contributed by atoms with Gasteiger partial charge in [-0.05, 0) is 63.4 Å². The number of hydrogen-bond acceptors (Lipinski definition) is 7. The molecule has 1 aliphatic heterocycles. The van der Waals surface area contributed by atoms with E-state index in [1.165, 1.54) is 24.3 Å². The molecule has 1 atom stereocenters. The van der Waals surface area contributed by atoms with Crippen LogP contribution in [0.4, 0.5) is 0 Å². The molecule has 1 saturated carbocycles. The third-order valence-corrected chi connectivity index (χ3v) is 9.29. The normalized spacial score (nSPS) is 20.0. The van der Waals surface area contributed by atoms with Crippen LogP contribution in [0.1, 0.15) is 57.4 Å². The number of nitrogens with one attached hydrogen (secondary N) is 1. The number of esters is 1. The Hall–Kier alpha value is -2.50. The van der Waals surface area contributed by atoms with Crippen LogP contribution in [-0.2, 0) is 24.6 Å². The van der Waals surface area contributed by atoms with Gasteiger partial charge in [-0.2, -0.15) is 0 Å². The van der Waals surface area contributed by atoms with Gasteiger partial charge < -0.3 is 9.30 Å². The third kappa shape index (κ3) is 5.20. The SMILES string of the molecule is Cc1cc(C(=O)COC(=O)c2ccc(S(=O)(=O)NC3CCS(=O)(=O)C3)cc2)c(C)n1C1CC1. The third-order valence-electron chi connectivity index (χ3n) is 5.99. The lowest BCUT2D eigenvalue weighted by atomic mass is 10.1. The molecular weight excluding hydrogens is 468 g/mol. The maximum absolute atomic E-state index is 12.6. The average Bonchev–Trinajstić information content (AvgIpc) is 3.46. The van der Waals surface area contributed by atoms with E-state index in [1.807, 2.05) is 19.9 Å². The number of carbonyl (C=O) groups is 2. The van der Waals surface area contributed by atoms with Crippen molar-refractivity contribution < 1.29 is 31.2 Å². The van der Waals surface area contributed by atoms with E-state index < -0.39 is 38.5 Å². The monoisotopic (exact) mass is 494 g/mol. The fourth-order valence-corrected chi connectivity index (χ4v) is 7.24. The van der Waals surface area contributed by atoms with Crippen molar-refractivity contribution in [2.75, 3.05) is 18.1 Å². The lowest BCUT2D eigenvalue weighted by Crippen LogP contribution is -2.35. The van der Waals surface area contributed by atoms with Gasteiger partial charge in [0.2, 0.25) is 15.8 Å². The second-order valence-corrected chi connectivity index (χ2v) is 12.6. The summed E-state index contributed by atoms with van der Waals surface area (Å²) in [6.07, 6.45) is 2.42. The molecule has 1 saturated heterocycles. The second-order valence-electron chi connectivity index (χ2n) is 8.63. The van der Waals surface area contributed by atoms with Crippen LogP contribution in [0.25, 0.3) is 0 Å². The highest BCUT2D eigenvalue weighted by atomic mass is 32.2. The molecular formula is C22H26N2O7S2. The molecule has 0 bridgehead atoms. The molecule has 1 aliphatic carbocycles. The number of ether oxygens (including phenoxy) is 1. The van der Waals surface area contributed by atoms with Crippen LogP contribution in [0, 0.1) is 13.8 Å². The average molecular weight is 495 g/mol. The van der Waals surface area contributed by atoms with Crippen LogP contribution < -0.4 is 4.72 Å². The summed E-state index contributed by atoms with van der Waals surface area (Å²) in [6, 6.07) is 6.67. The number of nitrogens with zero attached hydrogens (tertiary/aromatic N) is 1. The van der Waals surface area contributed by atoms with Crippen molar-refractivity contribution in [1.29, 1.82) is 0 Å². The standard InChI is InChI=1S/C22H26N2O7S2/c1-14-11-20(15(2)24(14)18-5-6-18)21(25)12-31-22(26)16-3-7-19(8-4-16)33(29,30)23-17-9-10-32(27,28)13-17/h3-4,7-8,11,17-18,23H,5-6,9-10,12-13H2,1-2H3. The van der Waals surface area contributed by atoms with Crippen molar-refractivity contribution in [1.82, 2.24) is 9.29 Å². The van der Waals surface area contributed by atoms with Crippen LogP contribution in [0.5, 0.6) is 0 Å². The zero-order valence-electron chi connectivity index (χ0n) is 18.4. The van der Waals surface area contributed by atoms with Crippen molar-refractivity contribution in [3.8, 4) is 0 Å². The predicted octanol–water partition coefficient (Wildman–Crippen LogP) is 1.94. The molecule has 2 fully saturated rings. The van der Waals surface area contributed by atoms with Crippen LogP contribution in [0.3, 0.4) is 0 Å². The molecule has 1 aromatic heterocycles. The number of hydrogen-bond donors (Lipinski definition) is 1. The molecule has 2 heterocycles. The Balaban J connectivity index is 1.36. The minimum absolute atomic E-state index is 0.0475. The predicted molar refractivity (Wildman–Crippen MR) is 121 cm³/mol. The van der Waals surface area contributed by atoms with Crippen LogP contribution >= 0.6 is 0 Å². The van der Waals surface area contributed by atoms with E-state index in [1.54, 1.807) is 0 Å². The first kappa shape index (κ1) is 23.7. The molecule has 0 radical (unpaired) electrons. The molecule has 4 rings (SSSR count). The number of Topliss-reactive ketones (excluding diaryl/α,β-unsaturated/α-hetero) is 1. The number of ketones is 1. The van der Waals surface area contributed by atoms with E-state index in [0.29, 0.717) is 11.6 Å². The first-order valence-electron chi connectivity index (χ1n) is 10.7. The molecule has 178 valence electrons. The van der Waals surface area contributed by atoms with Gasteiger partial charge in [-0.3, -0.25) is 4.79 Å². The first-order valence-corrected chi connectivity index (χ1v) is 14.0. The van der Waals surface area contributed by atoms with Gasteiger partial charge >= 0.3 is 5.97 Å². The van der Waals surface area contributed by atoms with E-state index in [0.717, 1.165) is 24.2 Å². The summed E-state index contributed by atoms with van der Waals surface area (Å²) < 4.78 is 57.8. The number of carbonyl (C=O) groups excluding carboxylic acids is 2. The van der Waals surface area contributed by atoms with Gasteiger partial charge in [0.1, 0.15) is 0 Å². The molecule has 1 N–H and O–H groups in total. The number of aromatic nitrogens is 1. The minimum Gasteiger partial charge on any atom is -0.454 e. The van der Waals surface area contributed by atoms with Crippen molar-refractivity contribution >= 4 is 31.6 Å². The van der Waals surface area contributed by atoms with Gasteiger partial charge in [0.15, 0.2) is 16.4 Å². The Morgan fingerprint density at radius 1 is 1.12 bits per heavy atom. The van der Waals surface area contributed by atoms with Crippen LogP contribution in [0.2, 0.25) is 0 Å². The Labute approximate surface area is 193 Å². The highest BCUT2D eigenvalue weighted by molar-refractivity contribution is 7.92. The Morgan fingerprint density at radius 2 is 1.79 bits per heavy atom. The van der Waals surface area contributed by atoms with E-state index in [2.05, 4.69) is 9.29 Å². The molecule has 1 aromatic carbocycles. The van der Waals surface area contributed by atoms with Gasteiger partial charge in [-0.25, -0.2) is 26.4 Å². The van der Waals surface area contributed by atoms with Crippen molar-refractivity contribution in [3.05, 3.63) is 52.8 Å². The Morgan fingerprint density at radius 3 is 2.36 bits per heavy atom. The summed E-state index contributed by atoms with van der Waals surface area (Å²) in [5, 5.41) is 0. The highest BCUT2D eigenvalue weighted by Crippen LogP contribution is 2.38. The molecule has 0 spiro atoms. The summed E-state index contributed by atoms with van der Waals surface area (Å²) in [5.41, 5.74) is 2.51. The topological polar surface area (TPSA) is 129 Å². The summed E-state index contributed by atoms with van der Waals surface area (Å²) in [7, 11) is -7.15. The van der Waals surface area contributed by atoms with E-state index in [4.69, 9.17) is 4.74 Å². The number of sulfone groups is 1. The molecule has 0 amide bonds. The zero-order chi connectivity index (χ0) is 24.0. The molecule has 9 nitrogen and oxygen atoms in total. The smallest absolute Gasteiger partial charge is 0.338 e. The van der Waals surface area contributed by atoms with E-state index in [-0.39, 0.29) is 34.2 Å². The summed E-state index contributed by atoms with van der Waals surface area (Å²) in [4.78, 5) is 24.8. The first-order chi connectivity index (χ1) is 15.5. The van der Waals surface area contributed by atoms with Gasteiger partial charge in [-0.15, -0.1) is 0 Å². The zero-order valence-corrected chi connectivity index (χ0v) is 20.0. The van der Waals surface area contributed by atoms with Gasteiger partial charge in [-0.1, -0.05) is 0 Å². The highest BCUT2D eigenvalue weighted by Gasteiger charge is 2.32. The molecule has 11 heteroatoms. The van der Waals surface area contributed by atoms with Crippen molar-refractivity contribution in [2.45, 2.75) is 50.1 Å². The molecule has 2 aliphatic rings. The fourth-order valence-electron chi connectivity index (χ4n) is 4.19. The Bertz CT molecular complexity index is 1310. The summed E-state index contributed by atoms with van der Waals surface area (Å²) in [5.74, 6) is -1.31. The van der Waals surface area contributed by atoms with E-state index in [9.17, 15) is 26.4 Å². The van der Waals surface area contributed by atoms with Crippen LogP contribution in [0.15, 0.2) is 35.2 Å². The fraction of sp³-hybridized carbons (Fsp3) is 0.455. The molecule has 2 aromatic rings. The number of aryl methyl sites for hydroxylation is 1. The summed E-state index contributed by atoms with van der Waals surface area (Å²) in [6.45, 7) is 3.42. The largest absolute Gasteiger partial charge is 0.454 e. The number of benzene rings is 1. The summed E-state index contributed by atoms with van der Waals surface area (Å²) >= 11 is 0. The van der Waals surface area contributed by atoms with Gasteiger partial charge in [0.25, 0.3) is 0 Å². The lowest BCUT2D eigenvalue weighted by molar-refractivity contribution is 0.0474. The maximum Gasteiger partial charge on any atom is 0.338 e. The minimum atomic E-state index is -3.93. The van der Waals surface area contributed by atoms with Crippen molar-refractivity contribution in [3.63, 3.8) is 0 Å². The quantitative estimate of drug-likeness (QED) is 0.439.